The monoisotopic (exact) mass is 384 g/mol. The number of rotatable bonds is 3. The van der Waals surface area contributed by atoms with E-state index in [0.29, 0.717) is 47.3 Å². The Labute approximate surface area is 161 Å². The Morgan fingerprint density at radius 2 is 1.96 bits per heavy atom. The van der Waals surface area contributed by atoms with Crippen LogP contribution in [0.15, 0.2) is 30.6 Å². The van der Waals surface area contributed by atoms with E-state index in [4.69, 9.17) is 9.84 Å². The molecule has 0 radical (unpaired) electrons. The summed E-state index contributed by atoms with van der Waals surface area (Å²) in [5.41, 5.74) is 3.33. The first kappa shape index (κ1) is 18.4. The fourth-order valence-electron chi connectivity index (χ4n) is 3.75. The third-order valence-electron chi connectivity index (χ3n) is 5.12. The maximum absolute atomic E-state index is 13.8. The molecule has 8 heteroatoms. The molecule has 4 heterocycles. The van der Waals surface area contributed by atoms with Crippen LogP contribution in [0.25, 0.3) is 22.2 Å². The number of carbonyl (C=O) groups excluding carboxylic acids is 1. The van der Waals surface area contributed by atoms with Crippen molar-refractivity contribution in [1.82, 2.24) is 19.4 Å². The molecule has 1 aliphatic carbocycles. The zero-order chi connectivity index (χ0) is 19.8. The number of pyridine rings is 2. The van der Waals surface area contributed by atoms with Crippen LogP contribution in [0.5, 0.6) is 5.88 Å². The number of aliphatic hydroxyl groups is 1. The Morgan fingerprint density at radius 1 is 1.18 bits per heavy atom. The Kier molecular flexibility index (Phi) is 4.72. The van der Waals surface area contributed by atoms with Gasteiger partial charge in [0.25, 0.3) is 5.91 Å². The van der Waals surface area contributed by atoms with E-state index in [1.165, 1.54) is 12.3 Å². The number of methoxy groups -OCH3 is 1. The van der Waals surface area contributed by atoms with Crippen molar-refractivity contribution < 1.29 is 19.0 Å². The van der Waals surface area contributed by atoms with E-state index in [9.17, 15) is 9.18 Å². The van der Waals surface area contributed by atoms with E-state index < -0.39 is 5.82 Å². The fourth-order valence-corrected chi connectivity index (χ4v) is 3.75. The number of carbonyl (C=O) groups is 1. The van der Waals surface area contributed by atoms with Crippen molar-refractivity contribution >= 4 is 16.9 Å². The highest BCUT2D eigenvalue weighted by atomic mass is 19.1. The van der Waals surface area contributed by atoms with Gasteiger partial charge in [-0.05, 0) is 18.9 Å². The van der Waals surface area contributed by atoms with Crippen LogP contribution in [-0.2, 0) is 6.54 Å². The molecule has 3 aromatic heterocycles. The molecular weight excluding hydrogens is 363 g/mol. The lowest BCUT2D eigenvalue weighted by Crippen LogP contribution is -2.41. The SMILES string of the molecule is CO.COc1ccc(-c2c3n(c4cc(F)cnc24)CCN(C2CC2)C3=O)cn1. The lowest BCUT2D eigenvalue weighted by molar-refractivity contribution is 0.0694. The molecule has 28 heavy (non-hydrogen) atoms. The topological polar surface area (TPSA) is 80.5 Å². The molecule has 1 amide bonds. The van der Waals surface area contributed by atoms with E-state index in [1.54, 1.807) is 19.4 Å². The molecule has 5 rings (SSSR count). The predicted molar refractivity (Wildman–Crippen MR) is 102 cm³/mol. The first-order valence-corrected chi connectivity index (χ1v) is 9.11. The number of fused-ring (bicyclic) bond motifs is 3. The molecule has 3 aromatic rings. The minimum atomic E-state index is -0.408. The number of hydrogen-bond donors (Lipinski definition) is 1. The normalized spacial score (nSPS) is 15.9. The van der Waals surface area contributed by atoms with Crippen molar-refractivity contribution in [3.8, 4) is 17.0 Å². The summed E-state index contributed by atoms with van der Waals surface area (Å²) < 4.78 is 20.8. The molecule has 1 saturated carbocycles. The van der Waals surface area contributed by atoms with E-state index in [1.807, 2.05) is 15.5 Å². The minimum Gasteiger partial charge on any atom is -0.481 e. The predicted octanol–water partition coefficient (Wildman–Crippen LogP) is 2.47. The quantitative estimate of drug-likeness (QED) is 0.750. The van der Waals surface area contributed by atoms with Gasteiger partial charge in [-0.2, -0.15) is 0 Å². The molecule has 0 atom stereocenters. The molecule has 0 spiro atoms. The molecule has 0 saturated heterocycles. The fraction of sp³-hybridized carbons (Fsp3) is 0.350. The third-order valence-corrected chi connectivity index (χ3v) is 5.12. The average Bonchev–Trinajstić information content (AvgIpc) is 3.52. The third kappa shape index (κ3) is 2.90. The molecular formula is C20H21FN4O3. The Bertz CT molecular complexity index is 1030. The van der Waals surface area contributed by atoms with Crippen molar-refractivity contribution in [3.05, 3.63) is 42.1 Å². The molecule has 0 aromatic carbocycles. The second kappa shape index (κ2) is 7.20. The number of ether oxygens (including phenoxy) is 1. The number of amides is 1. The van der Waals surface area contributed by atoms with Gasteiger partial charge in [-0.15, -0.1) is 0 Å². The van der Waals surface area contributed by atoms with Gasteiger partial charge in [-0.3, -0.25) is 9.78 Å². The standard InChI is InChI=1S/C19H17FN4O2.CH4O/c1-26-15-5-2-11(9-21-15)16-17-14(8-12(20)10-22-17)24-7-6-23(13-3-4-13)19(25)18(16)24;1-2/h2,5,8-10,13H,3-4,6-7H2,1H3;2H,1H3. The van der Waals surface area contributed by atoms with Gasteiger partial charge in [-0.1, -0.05) is 0 Å². The van der Waals surface area contributed by atoms with Gasteiger partial charge >= 0.3 is 0 Å². The number of halogens is 1. The van der Waals surface area contributed by atoms with Gasteiger partial charge in [-0.25, -0.2) is 9.37 Å². The average molecular weight is 384 g/mol. The summed E-state index contributed by atoms with van der Waals surface area (Å²) in [4.78, 5) is 23.7. The number of hydrogen-bond acceptors (Lipinski definition) is 5. The minimum absolute atomic E-state index is 0.0111. The maximum Gasteiger partial charge on any atom is 0.271 e. The summed E-state index contributed by atoms with van der Waals surface area (Å²) in [5, 5.41) is 7.00. The van der Waals surface area contributed by atoms with Crippen molar-refractivity contribution in [2.75, 3.05) is 20.8 Å². The maximum atomic E-state index is 13.8. The molecule has 0 bridgehead atoms. The zero-order valence-corrected chi connectivity index (χ0v) is 15.7. The summed E-state index contributed by atoms with van der Waals surface area (Å²) in [5.74, 6) is 0.0772. The summed E-state index contributed by atoms with van der Waals surface area (Å²) in [7, 11) is 2.55. The van der Waals surface area contributed by atoms with Gasteiger partial charge in [0.15, 0.2) is 0 Å². The van der Waals surface area contributed by atoms with E-state index >= 15 is 0 Å². The van der Waals surface area contributed by atoms with Gasteiger partial charge < -0.3 is 19.3 Å². The van der Waals surface area contributed by atoms with Gasteiger partial charge in [0.05, 0.1) is 24.3 Å². The molecule has 1 aliphatic heterocycles. The molecule has 146 valence electrons. The number of aromatic nitrogens is 3. The van der Waals surface area contributed by atoms with Crippen LogP contribution in [0.2, 0.25) is 0 Å². The van der Waals surface area contributed by atoms with Crippen LogP contribution >= 0.6 is 0 Å². The Morgan fingerprint density at radius 3 is 2.61 bits per heavy atom. The van der Waals surface area contributed by atoms with Crippen LogP contribution in [-0.4, -0.2) is 57.3 Å². The largest absolute Gasteiger partial charge is 0.481 e. The lowest BCUT2D eigenvalue weighted by Gasteiger charge is -2.29. The highest BCUT2D eigenvalue weighted by Crippen LogP contribution is 2.39. The molecule has 1 N–H and O–H groups in total. The molecule has 1 fully saturated rings. The smallest absolute Gasteiger partial charge is 0.271 e. The Hall–Kier alpha value is -3.00. The van der Waals surface area contributed by atoms with Crippen molar-refractivity contribution in [3.63, 3.8) is 0 Å². The van der Waals surface area contributed by atoms with Gasteiger partial charge in [0, 0.05) is 55.7 Å². The van der Waals surface area contributed by atoms with E-state index in [-0.39, 0.29) is 5.91 Å². The van der Waals surface area contributed by atoms with Crippen molar-refractivity contribution in [2.24, 2.45) is 0 Å². The Balaban J connectivity index is 0.000000932. The summed E-state index contributed by atoms with van der Waals surface area (Å²) >= 11 is 0. The highest BCUT2D eigenvalue weighted by Gasteiger charge is 2.39. The zero-order valence-electron chi connectivity index (χ0n) is 15.7. The van der Waals surface area contributed by atoms with Gasteiger partial charge in [0.1, 0.15) is 11.5 Å². The first-order valence-electron chi connectivity index (χ1n) is 9.11. The summed E-state index contributed by atoms with van der Waals surface area (Å²) in [6, 6.07) is 5.39. The number of nitrogens with zero attached hydrogens (tertiary/aromatic N) is 4. The van der Waals surface area contributed by atoms with Crippen LogP contribution in [0.3, 0.4) is 0 Å². The van der Waals surface area contributed by atoms with Crippen molar-refractivity contribution in [1.29, 1.82) is 0 Å². The van der Waals surface area contributed by atoms with Crippen molar-refractivity contribution in [2.45, 2.75) is 25.4 Å². The molecule has 7 nitrogen and oxygen atoms in total. The second-order valence-corrected chi connectivity index (χ2v) is 6.72. The van der Waals surface area contributed by atoms with Crippen LogP contribution < -0.4 is 4.74 Å². The lowest BCUT2D eigenvalue weighted by atomic mass is 10.1. The molecule has 0 unspecified atom stereocenters. The first-order chi connectivity index (χ1) is 13.7. The van der Waals surface area contributed by atoms with Crippen LogP contribution in [0, 0.1) is 5.82 Å². The van der Waals surface area contributed by atoms with Gasteiger partial charge in [0.2, 0.25) is 5.88 Å². The second-order valence-electron chi connectivity index (χ2n) is 6.72. The van der Waals surface area contributed by atoms with Crippen LogP contribution in [0.4, 0.5) is 4.39 Å². The number of aliphatic hydroxyl groups excluding tert-OH is 1. The van der Waals surface area contributed by atoms with E-state index in [2.05, 4.69) is 9.97 Å². The molecule has 2 aliphatic rings. The van der Waals surface area contributed by atoms with Crippen LogP contribution in [0.1, 0.15) is 23.3 Å². The van der Waals surface area contributed by atoms with E-state index in [0.717, 1.165) is 25.5 Å². The summed E-state index contributed by atoms with van der Waals surface area (Å²) in [6.07, 6.45) is 4.97. The highest BCUT2D eigenvalue weighted by molar-refractivity contribution is 6.09. The summed E-state index contributed by atoms with van der Waals surface area (Å²) in [6.45, 7) is 1.29.